The summed E-state index contributed by atoms with van der Waals surface area (Å²) in [4.78, 5) is 2.46. The Labute approximate surface area is 80.4 Å². The van der Waals surface area contributed by atoms with Gasteiger partial charge in [0.2, 0.25) is 0 Å². The number of likely N-dealkylation sites (N-methyl/N-ethyl adjacent to an activating group) is 1. The van der Waals surface area contributed by atoms with Crippen LogP contribution in [0.1, 0.15) is 19.3 Å². The number of rotatable bonds is 5. The molecule has 0 radical (unpaired) electrons. The molecule has 0 amide bonds. The zero-order valence-corrected chi connectivity index (χ0v) is 8.46. The second-order valence-electron chi connectivity index (χ2n) is 4.23. The highest BCUT2D eigenvalue weighted by Crippen LogP contribution is 2.24. The maximum absolute atomic E-state index is 5.30. The van der Waals surface area contributed by atoms with Gasteiger partial charge in [-0.15, -0.1) is 0 Å². The van der Waals surface area contributed by atoms with Crippen LogP contribution < -0.4 is 5.32 Å². The lowest BCUT2D eigenvalue weighted by molar-refractivity contribution is 0.189. The van der Waals surface area contributed by atoms with Gasteiger partial charge in [-0.1, -0.05) is 0 Å². The molecule has 1 N–H and O–H groups in total. The van der Waals surface area contributed by atoms with Crippen molar-refractivity contribution in [2.24, 2.45) is 0 Å². The number of nitrogens with zero attached hydrogens (tertiary/aromatic N) is 1. The lowest BCUT2D eigenvalue weighted by Crippen LogP contribution is -2.36. The third-order valence-corrected chi connectivity index (χ3v) is 3.00. The van der Waals surface area contributed by atoms with Gasteiger partial charge in [-0.25, -0.2) is 0 Å². The monoisotopic (exact) mass is 184 g/mol. The normalized spacial score (nSPS) is 28.6. The predicted molar refractivity (Wildman–Crippen MR) is 52.9 cm³/mol. The summed E-state index contributed by atoms with van der Waals surface area (Å²) in [6, 6.07) is 1.51. The van der Waals surface area contributed by atoms with Crippen molar-refractivity contribution in [2.75, 3.05) is 33.4 Å². The number of hydrogen-bond donors (Lipinski definition) is 1. The summed E-state index contributed by atoms with van der Waals surface area (Å²) in [7, 11) is 2.23. The van der Waals surface area contributed by atoms with Crippen molar-refractivity contribution in [2.45, 2.75) is 31.3 Å². The molecule has 1 aliphatic heterocycles. The van der Waals surface area contributed by atoms with Crippen LogP contribution in [0.15, 0.2) is 0 Å². The molecule has 1 atom stereocenters. The molecule has 0 bridgehead atoms. The van der Waals surface area contributed by atoms with E-state index in [1.165, 1.54) is 25.8 Å². The lowest BCUT2D eigenvalue weighted by Gasteiger charge is -2.17. The largest absolute Gasteiger partial charge is 0.380 e. The minimum atomic E-state index is 0.618. The molecule has 2 rings (SSSR count). The molecule has 1 heterocycles. The van der Waals surface area contributed by atoms with E-state index in [0.717, 1.165) is 25.8 Å². The van der Waals surface area contributed by atoms with Crippen LogP contribution in [0.25, 0.3) is 0 Å². The van der Waals surface area contributed by atoms with Crippen LogP contribution in [0.2, 0.25) is 0 Å². The van der Waals surface area contributed by atoms with E-state index in [0.29, 0.717) is 6.04 Å². The second-order valence-corrected chi connectivity index (χ2v) is 4.23. The van der Waals surface area contributed by atoms with Gasteiger partial charge in [0.1, 0.15) is 0 Å². The van der Waals surface area contributed by atoms with Crippen molar-refractivity contribution in [1.82, 2.24) is 10.2 Å². The topological polar surface area (TPSA) is 24.5 Å². The zero-order valence-electron chi connectivity index (χ0n) is 8.46. The van der Waals surface area contributed by atoms with Crippen molar-refractivity contribution < 1.29 is 4.74 Å². The fourth-order valence-electron chi connectivity index (χ4n) is 1.84. The summed E-state index contributed by atoms with van der Waals surface area (Å²) in [5.41, 5.74) is 0. The summed E-state index contributed by atoms with van der Waals surface area (Å²) in [6.45, 7) is 4.14. The van der Waals surface area contributed by atoms with E-state index in [1.807, 2.05) is 0 Å². The average Bonchev–Trinajstić information content (AvgIpc) is 2.86. The van der Waals surface area contributed by atoms with Gasteiger partial charge in [-0.05, 0) is 26.3 Å². The summed E-state index contributed by atoms with van der Waals surface area (Å²) in [5, 5.41) is 3.53. The first kappa shape index (κ1) is 9.44. The lowest BCUT2D eigenvalue weighted by atomic mass is 10.2. The molecule has 0 aromatic heterocycles. The molecule has 1 saturated carbocycles. The minimum Gasteiger partial charge on any atom is -0.380 e. The van der Waals surface area contributed by atoms with Gasteiger partial charge >= 0.3 is 0 Å². The Morgan fingerprint density at radius 1 is 1.38 bits per heavy atom. The molecule has 3 heteroatoms. The Morgan fingerprint density at radius 2 is 2.23 bits per heavy atom. The van der Waals surface area contributed by atoms with E-state index >= 15 is 0 Å². The Hall–Kier alpha value is -0.120. The first-order valence-electron chi connectivity index (χ1n) is 5.37. The first-order chi connectivity index (χ1) is 6.36. The van der Waals surface area contributed by atoms with Crippen molar-refractivity contribution in [3.63, 3.8) is 0 Å². The highest BCUT2D eigenvalue weighted by Gasteiger charge is 2.25. The fraction of sp³-hybridized carbons (Fsp3) is 1.00. The van der Waals surface area contributed by atoms with Gasteiger partial charge in [0.25, 0.3) is 0 Å². The Balaban J connectivity index is 1.52. The quantitative estimate of drug-likeness (QED) is 0.672. The predicted octanol–water partition coefficient (Wildman–Crippen LogP) is 0.459. The molecular weight excluding hydrogens is 164 g/mol. The molecule has 0 aromatic rings. The highest BCUT2D eigenvalue weighted by molar-refractivity contribution is 4.83. The summed E-state index contributed by atoms with van der Waals surface area (Å²) in [5.74, 6) is 0. The third-order valence-electron chi connectivity index (χ3n) is 3.00. The molecule has 76 valence electrons. The van der Waals surface area contributed by atoms with Crippen LogP contribution >= 0.6 is 0 Å². The average molecular weight is 184 g/mol. The minimum absolute atomic E-state index is 0.618. The summed E-state index contributed by atoms with van der Waals surface area (Å²) < 4.78 is 5.30. The van der Waals surface area contributed by atoms with Gasteiger partial charge in [-0.3, -0.25) is 0 Å². The molecule has 0 aromatic carbocycles. The molecule has 13 heavy (non-hydrogen) atoms. The standard InChI is InChI=1S/C10H20N2O/c1-12(10-2-3-10)6-5-11-9-4-7-13-8-9/h9-11H,2-8H2,1H3. The second kappa shape index (κ2) is 4.40. The molecule has 3 nitrogen and oxygen atoms in total. The number of hydrogen-bond acceptors (Lipinski definition) is 3. The van der Waals surface area contributed by atoms with Gasteiger partial charge in [0.05, 0.1) is 6.61 Å². The van der Waals surface area contributed by atoms with Gasteiger partial charge in [0, 0.05) is 31.8 Å². The molecule has 1 aliphatic carbocycles. The van der Waals surface area contributed by atoms with E-state index in [-0.39, 0.29) is 0 Å². The third kappa shape index (κ3) is 2.93. The van der Waals surface area contributed by atoms with Gasteiger partial charge in [-0.2, -0.15) is 0 Å². The molecular formula is C10H20N2O. The molecule has 1 unspecified atom stereocenters. The van der Waals surface area contributed by atoms with E-state index in [4.69, 9.17) is 4.74 Å². The number of ether oxygens (including phenoxy) is 1. The van der Waals surface area contributed by atoms with Crippen molar-refractivity contribution in [3.8, 4) is 0 Å². The van der Waals surface area contributed by atoms with Crippen molar-refractivity contribution in [1.29, 1.82) is 0 Å². The Kier molecular flexibility index (Phi) is 3.19. The molecule has 0 spiro atoms. The van der Waals surface area contributed by atoms with E-state index < -0.39 is 0 Å². The van der Waals surface area contributed by atoms with Crippen LogP contribution in [0.4, 0.5) is 0 Å². The van der Waals surface area contributed by atoms with E-state index in [1.54, 1.807) is 0 Å². The molecule has 1 saturated heterocycles. The van der Waals surface area contributed by atoms with E-state index in [9.17, 15) is 0 Å². The smallest absolute Gasteiger partial charge is 0.0620 e. The maximum Gasteiger partial charge on any atom is 0.0620 e. The highest BCUT2D eigenvalue weighted by atomic mass is 16.5. The zero-order chi connectivity index (χ0) is 9.10. The Bertz CT molecular complexity index is 151. The first-order valence-corrected chi connectivity index (χ1v) is 5.37. The van der Waals surface area contributed by atoms with Crippen LogP contribution in [0.3, 0.4) is 0 Å². The molecule has 2 fully saturated rings. The summed E-state index contributed by atoms with van der Waals surface area (Å²) in [6.07, 6.45) is 4.00. The fourth-order valence-corrected chi connectivity index (χ4v) is 1.84. The Morgan fingerprint density at radius 3 is 2.85 bits per heavy atom. The van der Waals surface area contributed by atoms with Crippen LogP contribution in [-0.2, 0) is 4.74 Å². The van der Waals surface area contributed by atoms with Crippen LogP contribution in [0.5, 0.6) is 0 Å². The maximum atomic E-state index is 5.30. The SMILES string of the molecule is CN(CCNC1CCOC1)C1CC1. The van der Waals surface area contributed by atoms with Crippen LogP contribution in [0, 0.1) is 0 Å². The van der Waals surface area contributed by atoms with Gasteiger partial charge < -0.3 is 15.0 Å². The molecule has 2 aliphatic rings. The van der Waals surface area contributed by atoms with Crippen molar-refractivity contribution >= 4 is 0 Å². The number of nitrogens with one attached hydrogen (secondary N) is 1. The summed E-state index contributed by atoms with van der Waals surface area (Å²) >= 11 is 0. The van der Waals surface area contributed by atoms with Gasteiger partial charge in [0.15, 0.2) is 0 Å². The van der Waals surface area contributed by atoms with Crippen LogP contribution in [-0.4, -0.2) is 50.3 Å². The van der Waals surface area contributed by atoms with Crippen molar-refractivity contribution in [3.05, 3.63) is 0 Å². The van der Waals surface area contributed by atoms with E-state index in [2.05, 4.69) is 17.3 Å².